The first-order chi connectivity index (χ1) is 19.2. The smallest absolute Gasteiger partial charge is 0.168 e. The highest BCUT2D eigenvalue weighted by Crippen LogP contribution is 2.53. The highest BCUT2D eigenvalue weighted by molar-refractivity contribution is 6.30. The largest absolute Gasteiger partial charge is 0.376 e. The van der Waals surface area contributed by atoms with Gasteiger partial charge in [-0.15, -0.1) is 0 Å². The Hall–Kier alpha value is -4.54. The lowest BCUT2D eigenvalue weighted by Gasteiger charge is -2.45. The molecule has 0 fully saturated rings. The minimum Gasteiger partial charge on any atom is -0.376 e. The minimum absolute atomic E-state index is 0.0181. The predicted octanol–water partition coefficient (Wildman–Crippen LogP) is 8.44. The van der Waals surface area contributed by atoms with Crippen molar-refractivity contribution in [1.82, 2.24) is 0 Å². The Labute approximate surface area is 233 Å². The maximum Gasteiger partial charge on any atom is 0.168 e. The van der Waals surface area contributed by atoms with E-state index in [1.807, 2.05) is 24.3 Å². The summed E-state index contributed by atoms with van der Waals surface area (Å²) in [6.07, 6.45) is 0.724. The molecule has 2 aliphatic rings. The Bertz CT molecular complexity index is 1620. The van der Waals surface area contributed by atoms with Gasteiger partial charge in [-0.05, 0) is 42.0 Å². The van der Waals surface area contributed by atoms with E-state index < -0.39 is 5.66 Å². The van der Waals surface area contributed by atoms with Crippen LogP contribution in [0, 0.1) is 0 Å². The summed E-state index contributed by atoms with van der Waals surface area (Å²) in [5.41, 5.74) is 5.88. The van der Waals surface area contributed by atoms with E-state index in [1.54, 1.807) is 0 Å². The van der Waals surface area contributed by atoms with E-state index in [9.17, 15) is 0 Å². The lowest BCUT2D eigenvalue weighted by molar-refractivity contribution is 0.389. The van der Waals surface area contributed by atoms with Crippen LogP contribution < -0.4 is 15.2 Å². The van der Waals surface area contributed by atoms with Gasteiger partial charge in [0, 0.05) is 22.6 Å². The summed E-state index contributed by atoms with van der Waals surface area (Å²) >= 11 is 6.44. The molecule has 0 spiro atoms. The molecule has 0 amide bonds. The minimum atomic E-state index is -0.683. The van der Waals surface area contributed by atoms with E-state index in [1.165, 1.54) is 5.56 Å². The van der Waals surface area contributed by atoms with Crippen LogP contribution in [0.5, 0.6) is 0 Å². The number of amidine groups is 1. The van der Waals surface area contributed by atoms with Crippen LogP contribution in [0.25, 0.3) is 0 Å². The van der Waals surface area contributed by atoms with Crippen LogP contribution in [-0.2, 0) is 5.66 Å². The summed E-state index contributed by atoms with van der Waals surface area (Å²) in [7, 11) is 0. The maximum atomic E-state index is 6.44. The SMILES string of the molecule is Clc1ccc(C23CC(c4ccccc4)Nc4ccccc4N2C(c2ccccc2)=NN3c2ccccc2)cc1. The van der Waals surface area contributed by atoms with E-state index in [2.05, 4.69) is 130 Å². The molecule has 2 atom stereocenters. The molecule has 0 aliphatic carbocycles. The second-order valence-electron chi connectivity index (χ2n) is 9.92. The highest BCUT2D eigenvalue weighted by atomic mass is 35.5. The van der Waals surface area contributed by atoms with E-state index >= 15 is 0 Å². The Morgan fingerprint density at radius 1 is 0.692 bits per heavy atom. The number of hydrazone groups is 1. The zero-order chi connectivity index (χ0) is 26.2. The highest BCUT2D eigenvalue weighted by Gasteiger charge is 2.55. The Morgan fingerprint density at radius 3 is 2.03 bits per heavy atom. The quantitative estimate of drug-likeness (QED) is 0.255. The first-order valence-corrected chi connectivity index (χ1v) is 13.6. The fraction of sp³-hybridized carbons (Fsp3) is 0.0882. The van der Waals surface area contributed by atoms with Crippen molar-refractivity contribution in [2.24, 2.45) is 5.10 Å². The van der Waals surface area contributed by atoms with Crippen molar-refractivity contribution in [3.05, 3.63) is 161 Å². The Kier molecular flexibility index (Phi) is 5.83. The molecular weight excluding hydrogens is 500 g/mol. The van der Waals surface area contributed by atoms with E-state index in [4.69, 9.17) is 16.7 Å². The first-order valence-electron chi connectivity index (χ1n) is 13.2. The number of fused-ring (bicyclic) bond motifs is 3. The second kappa shape index (κ2) is 9.64. The van der Waals surface area contributed by atoms with E-state index in [-0.39, 0.29) is 6.04 Å². The lowest BCUT2D eigenvalue weighted by atomic mass is 9.86. The van der Waals surface area contributed by atoms with Crippen LogP contribution in [0.3, 0.4) is 0 Å². The van der Waals surface area contributed by atoms with Gasteiger partial charge in [0.25, 0.3) is 0 Å². The molecule has 0 aromatic heterocycles. The van der Waals surface area contributed by atoms with Crippen molar-refractivity contribution < 1.29 is 0 Å². The van der Waals surface area contributed by atoms with Crippen LogP contribution in [0.1, 0.15) is 29.2 Å². The number of benzene rings is 5. The molecule has 0 radical (unpaired) electrons. The molecule has 5 aromatic carbocycles. The van der Waals surface area contributed by atoms with E-state index in [0.29, 0.717) is 5.02 Å². The van der Waals surface area contributed by atoms with Gasteiger partial charge in [0.15, 0.2) is 11.5 Å². The molecule has 190 valence electrons. The van der Waals surface area contributed by atoms with Crippen LogP contribution in [0.2, 0.25) is 5.02 Å². The van der Waals surface area contributed by atoms with Gasteiger partial charge >= 0.3 is 0 Å². The standard InChI is InChI=1S/C34H27ClN4/c35-28-22-20-27(21-23-28)34-24-31(25-12-4-1-5-13-25)36-30-18-10-11-19-32(30)38(34)33(26-14-6-2-7-15-26)37-39(34)29-16-8-3-9-17-29/h1-23,31,36H,24H2. The number of nitrogens with zero attached hydrogens (tertiary/aromatic N) is 3. The molecule has 4 nitrogen and oxygen atoms in total. The molecule has 2 unspecified atom stereocenters. The third-order valence-electron chi connectivity index (χ3n) is 7.63. The maximum absolute atomic E-state index is 6.44. The van der Waals surface area contributed by atoms with Gasteiger partial charge in [-0.1, -0.05) is 115 Å². The molecule has 39 heavy (non-hydrogen) atoms. The van der Waals surface area contributed by atoms with Gasteiger partial charge in [-0.3, -0.25) is 4.90 Å². The fourth-order valence-electron chi connectivity index (χ4n) is 5.88. The Balaban J connectivity index is 1.56. The average molecular weight is 527 g/mol. The Morgan fingerprint density at radius 2 is 1.31 bits per heavy atom. The van der Waals surface area contributed by atoms with Gasteiger partial charge in [0.1, 0.15) is 0 Å². The third-order valence-corrected chi connectivity index (χ3v) is 7.88. The van der Waals surface area contributed by atoms with Gasteiger partial charge < -0.3 is 5.32 Å². The molecule has 0 bridgehead atoms. The van der Waals surface area contributed by atoms with E-state index in [0.717, 1.165) is 40.4 Å². The molecule has 0 saturated heterocycles. The number of para-hydroxylation sites is 3. The van der Waals surface area contributed by atoms with Crippen LogP contribution >= 0.6 is 11.6 Å². The van der Waals surface area contributed by atoms with Crippen LogP contribution in [0.4, 0.5) is 17.1 Å². The first kappa shape index (κ1) is 23.6. The van der Waals surface area contributed by atoms with Crippen molar-refractivity contribution in [3.63, 3.8) is 0 Å². The van der Waals surface area contributed by atoms with Crippen molar-refractivity contribution in [2.75, 3.05) is 15.2 Å². The van der Waals surface area contributed by atoms with Crippen molar-refractivity contribution >= 4 is 34.5 Å². The topological polar surface area (TPSA) is 30.9 Å². The molecular formula is C34H27ClN4. The third kappa shape index (κ3) is 3.96. The van der Waals surface area contributed by atoms with Crippen LogP contribution in [0.15, 0.2) is 145 Å². The molecule has 2 aliphatic heterocycles. The normalized spacial score (nSPS) is 19.9. The summed E-state index contributed by atoms with van der Waals surface area (Å²) < 4.78 is 0. The van der Waals surface area contributed by atoms with Crippen molar-refractivity contribution in [2.45, 2.75) is 18.1 Å². The predicted molar refractivity (Wildman–Crippen MR) is 161 cm³/mol. The number of hydrogen-bond acceptors (Lipinski definition) is 4. The number of halogens is 1. The fourth-order valence-corrected chi connectivity index (χ4v) is 6.01. The zero-order valence-corrected chi connectivity index (χ0v) is 22.0. The van der Waals surface area contributed by atoms with Crippen molar-refractivity contribution in [1.29, 1.82) is 0 Å². The number of nitrogens with one attached hydrogen (secondary N) is 1. The summed E-state index contributed by atoms with van der Waals surface area (Å²) in [5.74, 6) is 0.900. The number of anilines is 3. The van der Waals surface area contributed by atoms with Gasteiger partial charge in [0.05, 0.1) is 23.1 Å². The molecule has 1 N–H and O–H groups in total. The molecule has 0 saturated carbocycles. The second-order valence-corrected chi connectivity index (χ2v) is 10.4. The molecule has 5 heteroatoms. The summed E-state index contributed by atoms with van der Waals surface area (Å²) in [6.45, 7) is 0. The number of rotatable bonds is 4. The molecule has 7 rings (SSSR count). The summed E-state index contributed by atoms with van der Waals surface area (Å²) in [5, 5.41) is 12.2. The summed E-state index contributed by atoms with van der Waals surface area (Å²) in [6, 6.07) is 48.4. The van der Waals surface area contributed by atoms with Gasteiger partial charge in [0.2, 0.25) is 0 Å². The monoisotopic (exact) mass is 526 g/mol. The zero-order valence-electron chi connectivity index (χ0n) is 21.3. The van der Waals surface area contributed by atoms with Crippen molar-refractivity contribution in [3.8, 4) is 0 Å². The molecule has 2 heterocycles. The van der Waals surface area contributed by atoms with Crippen LogP contribution in [-0.4, -0.2) is 5.84 Å². The summed E-state index contributed by atoms with van der Waals surface area (Å²) in [4.78, 5) is 2.42. The average Bonchev–Trinajstić information content (AvgIpc) is 3.26. The number of hydrogen-bond donors (Lipinski definition) is 1. The lowest BCUT2D eigenvalue weighted by Crippen LogP contribution is -2.54. The molecule has 5 aromatic rings. The van der Waals surface area contributed by atoms with Gasteiger partial charge in [-0.2, -0.15) is 5.10 Å². The van der Waals surface area contributed by atoms with Gasteiger partial charge in [-0.25, -0.2) is 5.01 Å².